The van der Waals surface area contributed by atoms with Crippen LogP contribution >= 0.6 is 22.9 Å². The second-order valence-electron chi connectivity index (χ2n) is 4.47. The fourth-order valence-electron chi connectivity index (χ4n) is 1.87. The number of nitrogens with zero attached hydrogens (tertiary/aromatic N) is 2. The number of nitrogens with one attached hydrogen (secondary N) is 1. The van der Waals surface area contributed by atoms with Gasteiger partial charge in [0.2, 0.25) is 0 Å². The normalized spacial score (nSPS) is 10.8. The van der Waals surface area contributed by atoms with Crippen molar-refractivity contribution in [2.45, 2.75) is 0 Å². The van der Waals surface area contributed by atoms with E-state index in [4.69, 9.17) is 11.6 Å². The summed E-state index contributed by atoms with van der Waals surface area (Å²) in [5, 5.41) is 3.67. The second kappa shape index (κ2) is 5.31. The molecule has 1 N–H and O–H groups in total. The van der Waals surface area contributed by atoms with Crippen molar-refractivity contribution in [2.24, 2.45) is 7.05 Å². The molecular formula is C14H10ClN3O2S. The zero-order valence-corrected chi connectivity index (χ0v) is 12.5. The highest BCUT2D eigenvalue weighted by atomic mass is 35.5. The van der Waals surface area contributed by atoms with Crippen molar-refractivity contribution in [2.75, 3.05) is 5.32 Å². The fourth-order valence-corrected chi connectivity index (χ4v) is 2.88. The molecule has 0 saturated heterocycles. The molecule has 0 radical (unpaired) electrons. The van der Waals surface area contributed by atoms with E-state index in [9.17, 15) is 9.59 Å². The summed E-state index contributed by atoms with van der Waals surface area (Å²) < 4.78 is 2.56. The van der Waals surface area contributed by atoms with Gasteiger partial charge in [0, 0.05) is 30.5 Å². The molecule has 0 fully saturated rings. The molecule has 3 rings (SSSR count). The number of thiazole rings is 1. The number of amides is 1. The van der Waals surface area contributed by atoms with Gasteiger partial charge in [-0.3, -0.25) is 14.9 Å². The SMILES string of the molecule is Cn1ccc(=O)c(C(=O)Nc2nc3cc(Cl)ccc3s2)c1. The van der Waals surface area contributed by atoms with Crippen molar-refractivity contribution in [3.05, 3.63) is 57.5 Å². The van der Waals surface area contributed by atoms with Crippen LogP contribution in [0, 0.1) is 0 Å². The number of rotatable bonds is 2. The Morgan fingerprint density at radius 3 is 3.00 bits per heavy atom. The molecule has 0 aliphatic carbocycles. The number of fused-ring (bicyclic) bond motifs is 1. The number of anilines is 1. The van der Waals surface area contributed by atoms with Crippen LogP contribution < -0.4 is 10.7 Å². The smallest absolute Gasteiger partial charge is 0.262 e. The maximum Gasteiger partial charge on any atom is 0.262 e. The van der Waals surface area contributed by atoms with Crippen molar-refractivity contribution in [3.63, 3.8) is 0 Å². The molecular weight excluding hydrogens is 310 g/mol. The summed E-state index contributed by atoms with van der Waals surface area (Å²) in [4.78, 5) is 28.1. The summed E-state index contributed by atoms with van der Waals surface area (Å²) >= 11 is 7.23. The molecule has 0 bridgehead atoms. The lowest BCUT2D eigenvalue weighted by molar-refractivity contribution is 0.102. The number of carbonyl (C=O) groups is 1. The van der Waals surface area contributed by atoms with Crippen LogP contribution in [0.3, 0.4) is 0 Å². The molecule has 0 atom stereocenters. The molecule has 0 saturated carbocycles. The van der Waals surface area contributed by atoms with Crippen LogP contribution in [0.1, 0.15) is 10.4 Å². The average Bonchev–Trinajstić information content (AvgIpc) is 2.82. The summed E-state index contributed by atoms with van der Waals surface area (Å²) in [7, 11) is 1.75. The standard InChI is InChI=1S/C14H10ClN3O2S/c1-18-5-4-11(19)9(7-18)13(20)17-14-16-10-6-8(15)2-3-12(10)21-14/h2-7H,1H3,(H,16,17,20). The molecule has 1 amide bonds. The van der Waals surface area contributed by atoms with Crippen molar-refractivity contribution >= 4 is 44.2 Å². The van der Waals surface area contributed by atoms with Crippen LogP contribution in [-0.2, 0) is 7.05 Å². The monoisotopic (exact) mass is 319 g/mol. The minimum absolute atomic E-state index is 0.0808. The molecule has 5 nitrogen and oxygen atoms in total. The Bertz CT molecular complexity index is 901. The molecule has 7 heteroatoms. The lowest BCUT2D eigenvalue weighted by Crippen LogP contribution is -2.22. The molecule has 0 aliphatic heterocycles. The Hall–Kier alpha value is -2.18. The average molecular weight is 320 g/mol. The van der Waals surface area contributed by atoms with Gasteiger partial charge in [-0.1, -0.05) is 22.9 Å². The van der Waals surface area contributed by atoms with E-state index >= 15 is 0 Å². The van der Waals surface area contributed by atoms with Crippen LogP contribution in [0.25, 0.3) is 10.2 Å². The molecule has 3 aromatic rings. The molecule has 1 aromatic carbocycles. The predicted octanol–water partition coefficient (Wildman–Crippen LogP) is 2.90. The highest BCUT2D eigenvalue weighted by Gasteiger charge is 2.13. The number of benzene rings is 1. The number of aryl methyl sites for hydroxylation is 1. The minimum atomic E-state index is -0.471. The van der Waals surface area contributed by atoms with Gasteiger partial charge in [0.15, 0.2) is 10.6 Å². The van der Waals surface area contributed by atoms with Gasteiger partial charge in [0.25, 0.3) is 5.91 Å². The molecule has 0 unspecified atom stereocenters. The summed E-state index contributed by atoms with van der Waals surface area (Å²) in [6, 6.07) is 6.69. The summed E-state index contributed by atoms with van der Waals surface area (Å²) in [6.45, 7) is 0. The summed E-state index contributed by atoms with van der Waals surface area (Å²) in [5.41, 5.74) is 0.468. The first kappa shape index (κ1) is 13.8. The topological polar surface area (TPSA) is 64.0 Å². The third kappa shape index (κ3) is 2.81. The molecule has 0 aliphatic rings. The van der Waals surface area contributed by atoms with Crippen molar-refractivity contribution in [1.29, 1.82) is 0 Å². The van der Waals surface area contributed by atoms with Gasteiger partial charge in [-0.15, -0.1) is 0 Å². The molecule has 0 spiro atoms. The van der Waals surface area contributed by atoms with E-state index in [1.54, 1.807) is 29.9 Å². The second-order valence-corrected chi connectivity index (χ2v) is 5.94. The number of hydrogen-bond donors (Lipinski definition) is 1. The van der Waals surface area contributed by atoms with Crippen molar-refractivity contribution < 1.29 is 4.79 Å². The van der Waals surface area contributed by atoms with E-state index in [1.165, 1.54) is 23.6 Å². The van der Waals surface area contributed by atoms with Crippen LogP contribution in [0.15, 0.2) is 41.5 Å². The van der Waals surface area contributed by atoms with Gasteiger partial charge in [0.1, 0.15) is 5.56 Å². The Morgan fingerprint density at radius 2 is 2.19 bits per heavy atom. The van der Waals surface area contributed by atoms with Crippen LogP contribution in [0.2, 0.25) is 5.02 Å². The maximum atomic E-state index is 12.1. The van der Waals surface area contributed by atoms with Gasteiger partial charge >= 0.3 is 0 Å². The number of hydrogen-bond acceptors (Lipinski definition) is 4. The molecule has 2 aromatic heterocycles. The first-order chi connectivity index (χ1) is 10.0. The lowest BCUT2D eigenvalue weighted by Gasteiger charge is -2.02. The van der Waals surface area contributed by atoms with E-state index in [0.717, 1.165) is 4.70 Å². The Morgan fingerprint density at radius 1 is 1.38 bits per heavy atom. The Labute approximate surface area is 128 Å². The first-order valence-electron chi connectivity index (χ1n) is 6.07. The maximum absolute atomic E-state index is 12.1. The highest BCUT2D eigenvalue weighted by Crippen LogP contribution is 2.28. The fraction of sp³-hybridized carbons (Fsp3) is 0.0714. The zero-order chi connectivity index (χ0) is 15.0. The third-order valence-electron chi connectivity index (χ3n) is 2.87. The Balaban J connectivity index is 1.92. The van der Waals surface area contributed by atoms with Gasteiger partial charge < -0.3 is 4.57 Å². The van der Waals surface area contributed by atoms with E-state index in [-0.39, 0.29) is 11.0 Å². The molecule has 2 heterocycles. The lowest BCUT2D eigenvalue weighted by atomic mass is 10.2. The molecule has 106 valence electrons. The van der Waals surface area contributed by atoms with Gasteiger partial charge in [-0.25, -0.2) is 4.98 Å². The molecule has 21 heavy (non-hydrogen) atoms. The third-order valence-corrected chi connectivity index (χ3v) is 4.06. The van der Waals surface area contributed by atoms with Crippen LogP contribution in [0.4, 0.5) is 5.13 Å². The van der Waals surface area contributed by atoms with Crippen LogP contribution in [0.5, 0.6) is 0 Å². The van der Waals surface area contributed by atoms with Gasteiger partial charge in [0.05, 0.1) is 10.2 Å². The first-order valence-corrected chi connectivity index (χ1v) is 7.26. The van der Waals surface area contributed by atoms with E-state index in [2.05, 4.69) is 10.3 Å². The quantitative estimate of drug-likeness (QED) is 0.790. The number of pyridine rings is 1. The van der Waals surface area contributed by atoms with Crippen LogP contribution in [-0.4, -0.2) is 15.5 Å². The summed E-state index contributed by atoms with van der Waals surface area (Å²) in [6.07, 6.45) is 3.08. The number of carbonyl (C=O) groups excluding carboxylic acids is 1. The van der Waals surface area contributed by atoms with Gasteiger partial charge in [-0.05, 0) is 18.2 Å². The largest absolute Gasteiger partial charge is 0.356 e. The van der Waals surface area contributed by atoms with E-state index in [0.29, 0.717) is 15.7 Å². The van der Waals surface area contributed by atoms with Crippen molar-refractivity contribution in [3.8, 4) is 0 Å². The van der Waals surface area contributed by atoms with E-state index in [1.807, 2.05) is 6.07 Å². The number of aromatic nitrogens is 2. The Kier molecular flexibility index (Phi) is 3.48. The van der Waals surface area contributed by atoms with Gasteiger partial charge in [-0.2, -0.15) is 0 Å². The summed E-state index contributed by atoms with van der Waals surface area (Å²) in [5.74, 6) is -0.471. The van der Waals surface area contributed by atoms with Crippen molar-refractivity contribution in [1.82, 2.24) is 9.55 Å². The zero-order valence-electron chi connectivity index (χ0n) is 11.0. The van der Waals surface area contributed by atoms with E-state index < -0.39 is 5.91 Å². The predicted molar refractivity (Wildman–Crippen MR) is 84.3 cm³/mol. The number of halogens is 1. The highest BCUT2D eigenvalue weighted by molar-refractivity contribution is 7.22. The minimum Gasteiger partial charge on any atom is -0.356 e.